The van der Waals surface area contributed by atoms with Crippen LogP contribution in [-0.4, -0.2) is 16.8 Å². The highest BCUT2D eigenvalue weighted by Gasteiger charge is 2.27. The first-order valence-corrected chi connectivity index (χ1v) is 10.8. The van der Waals surface area contributed by atoms with E-state index in [9.17, 15) is 14.9 Å². The summed E-state index contributed by atoms with van der Waals surface area (Å²) >= 11 is 8.37. The van der Waals surface area contributed by atoms with Crippen LogP contribution in [0.2, 0.25) is 5.02 Å². The number of hydrogen-bond acceptors (Lipinski definition) is 6. The number of esters is 1. The van der Waals surface area contributed by atoms with Crippen molar-refractivity contribution in [2.45, 2.75) is 6.61 Å². The lowest BCUT2D eigenvalue weighted by Crippen LogP contribution is -2.06. The van der Waals surface area contributed by atoms with Crippen molar-refractivity contribution >= 4 is 57.8 Å². The number of nitrogens with zero attached hydrogens (tertiary/aromatic N) is 2. The number of aliphatic imine (C=N–C) groups is 1. The fourth-order valence-electron chi connectivity index (χ4n) is 2.96. The number of carbonyl (C=O) groups is 1. The van der Waals surface area contributed by atoms with Crippen molar-refractivity contribution in [2.75, 3.05) is 0 Å². The zero-order valence-corrected chi connectivity index (χ0v) is 19.2. The van der Waals surface area contributed by atoms with Crippen LogP contribution in [0.4, 0.5) is 5.69 Å². The summed E-state index contributed by atoms with van der Waals surface area (Å²) in [7, 11) is 0. The molecule has 0 unspecified atom stereocenters. The number of benzene rings is 3. The molecule has 0 bridgehead atoms. The highest BCUT2D eigenvalue weighted by atomic mass is 127. The van der Waals surface area contributed by atoms with Crippen LogP contribution >= 0.6 is 34.2 Å². The van der Waals surface area contributed by atoms with Crippen LogP contribution in [0, 0.1) is 13.7 Å². The average molecular weight is 561 g/mol. The fraction of sp³-hybridized carbons (Fsp3) is 0.0435. The van der Waals surface area contributed by atoms with Gasteiger partial charge in [0.25, 0.3) is 5.69 Å². The molecule has 32 heavy (non-hydrogen) atoms. The van der Waals surface area contributed by atoms with Gasteiger partial charge in [-0.2, -0.15) is 0 Å². The van der Waals surface area contributed by atoms with Gasteiger partial charge in [-0.25, -0.2) is 9.79 Å². The number of rotatable bonds is 6. The molecule has 1 aliphatic rings. The summed E-state index contributed by atoms with van der Waals surface area (Å²) in [6.45, 7) is 0.409. The monoisotopic (exact) mass is 560 g/mol. The molecular weight excluding hydrogens is 547 g/mol. The number of carbonyl (C=O) groups excluding carboxylic acids is 1. The fourth-order valence-corrected chi connectivity index (χ4v) is 3.77. The molecule has 0 saturated carbocycles. The third-order valence-electron chi connectivity index (χ3n) is 4.47. The van der Waals surface area contributed by atoms with Gasteiger partial charge < -0.3 is 9.47 Å². The van der Waals surface area contributed by atoms with Gasteiger partial charge in [0.05, 0.1) is 15.5 Å². The summed E-state index contributed by atoms with van der Waals surface area (Å²) in [6, 6.07) is 19.0. The number of nitro groups is 1. The Morgan fingerprint density at radius 3 is 2.72 bits per heavy atom. The maximum Gasteiger partial charge on any atom is 0.363 e. The molecule has 160 valence electrons. The first-order chi connectivity index (χ1) is 15.4. The van der Waals surface area contributed by atoms with Gasteiger partial charge in [0, 0.05) is 15.7 Å². The summed E-state index contributed by atoms with van der Waals surface area (Å²) < 4.78 is 12.2. The standard InChI is InChI=1S/C23H14ClIN2O5/c24-20-8-7-17(27(29)30)12-19(20)22-26-21(23(28)32-22)11-14-3-2-6-18(10-14)31-13-15-4-1-5-16(25)9-15/h1-12H,13H2/b21-11-. The molecule has 0 amide bonds. The first-order valence-electron chi connectivity index (χ1n) is 9.33. The Hall–Kier alpha value is -3.24. The van der Waals surface area contributed by atoms with Crippen molar-refractivity contribution in [1.82, 2.24) is 0 Å². The van der Waals surface area contributed by atoms with Crippen LogP contribution in [0.1, 0.15) is 16.7 Å². The molecule has 9 heteroatoms. The van der Waals surface area contributed by atoms with Gasteiger partial charge in [0.2, 0.25) is 5.90 Å². The predicted octanol–water partition coefficient (Wildman–Crippen LogP) is 5.78. The van der Waals surface area contributed by atoms with E-state index in [-0.39, 0.29) is 27.9 Å². The number of halogens is 2. The van der Waals surface area contributed by atoms with E-state index in [1.807, 2.05) is 30.3 Å². The number of non-ortho nitro benzene ring substituents is 1. The van der Waals surface area contributed by atoms with Gasteiger partial charge in [-0.15, -0.1) is 0 Å². The van der Waals surface area contributed by atoms with Crippen LogP contribution in [0.5, 0.6) is 5.75 Å². The van der Waals surface area contributed by atoms with Crippen molar-refractivity contribution < 1.29 is 19.2 Å². The molecule has 1 heterocycles. The minimum Gasteiger partial charge on any atom is -0.489 e. The van der Waals surface area contributed by atoms with Crippen molar-refractivity contribution in [2.24, 2.45) is 4.99 Å². The summed E-state index contributed by atoms with van der Waals surface area (Å²) in [6.07, 6.45) is 1.55. The number of nitro benzene ring substituents is 1. The summed E-state index contributed by atoms with van der Waals surface area (Å²) in [5.74, 6) is -0.121. The summed E-state index contributed by atoms with van der Waals surface area (Å²) in [5, 5.41) is 11.2. The van der Waals surface area contributed by atoms with E-state index in [1.54, 1.807) is 24.3 Å². The molecule has 0 aliphatic carbocycles. The van der Waals surface area contributed by atoms with E-state index in [0.29, 0.717) is 17.9 Å². The minimum absolute atomic E-state index is 0.0531. The third-order valence-corrected chi connectivity index (χ3v) is 5.47. The van der Waals surface area contributed by atoms with Crippen LogP contribution in [0.25, 0.3) is 6.08 Å². The molecule has 0 saturated heterocycles. The highest BCUT2D eigenvalue weighted by Crippen LogP contribution is 2.27. The first kappa shape index (κ1) is 22.0. The summed E-state index contributed by atoms with van der Waals surface area (Å²) in [5.41, 5.74) is 1.78. The Morgan fingerprint density at radius 2 is 1.94 bits per heavy atom. The number of cyclic esters (lactones) is 1. The molecule has 0 aromatic heterocycles. The molecule has 3 aromatic carbocycles. The SMILES string of the molecule is O=C1OC(c2cc([N+](=O)[O-])ccc2Cl)=N/C1=C\c1cccc(OCc2cccc(I)c2)c1. The molecule has 0 fully saturated rings. The number of hydrogen-bond donors (Lipinski definition) is 0. The Labute approximate surface area is 201 Å². The smallest absolute Gasteiger partial charge is 0.363 e. The van der Waals surface area contributed by atoms with Crippen LogP contribution in [0.3, 0.4) is 0 Å². The maximum absolute atomic E-state index is 12.3. The van der Waals surface area contributed by atoms with E-state index < -0.39 is 10.9 Å². The maximum atomic E-state index is 12.3. The van der Waals surface area contributed by atoms with E-state index in [2.05, 4.69) is 27.6 Å². The van der Waals surface area contributed by atoms with Crippen LogP contribution in [0.15, 0.2) is 77.4 Å². The predicted molar refractivity (Wildman–Crippen MR) is 129 cm³/mol. The Bertz CT molecular complexity index is 1290. The quantitative estimate of drug-likeness (QED) is 0.125. The molecule has 7 nitrogen and oxygen atoms in total. The van der Waals surface area contributed by atoms with Crippen molar-refractivity contribution in [3.63, 3.8) is 0 Å². The average Bonchev–Trinajstić information content (AvgIpc) is 3.12. The van der Waals surface area contributed by atoms with Crippen molar-refractivity contribution in [1.29, 1.82) is 0 Å². The molecule has 0 atom stereocenters. The lowest BCUT2D eigenvalue weighted by atomic mass is 10.2. The number of ether oxygens (including phenoxy) is 2. The molecule has 0 radical (unpaired) electrons. The zero-order chi connectivity index (χ0) is 22.7. The molecular formula is C23H14ClIN2O5. The molecule has 3 aromatic rings. The van der Waals surface area contributed by atoms with Gasteiger partial charge in [0.15, 0.2) is 5.70 Å². The van der Waals surface area contributed by atoms with Gasteiger partial charge in [-0.05, 0) is 70.1 Å². The second kappa shape index (κ2) is 9.49. The normalized spacial score (nSPS) is 14.2. The molecule has 0 N–H and O–H groups in total. The van der Waals surface area contributed by atoms with E-state index in [1.165, 1.54) is 18.2 Å². The Morgan fingerprint density at radius 1 is 1.12 bits per heavy atom. The van der Waals surface area contributed by atoms with Gasteiger partial charge in [0.1, 0.15) is 12.4 Å². The lowest BCUT2D eigenvalue weighted by Gasteiger charge is -2.07. The van der Waals surface area contributed by atoms with Crippen molar-refractivity contribution in [3.8, 4) is 5.75 Å². The van der Waals surface area contributed by atoms with E-state index in [4.69, 9.17) is 21.1 Å². The van der Waals surface area contributed by atoms with E-state index in [0.717, 1.165) is 9.13 Å². The lowest BCUT2D eigenvalue weighted by molar-refractivity contribution is -0.384. The molecule has 0 spiro atoms. The largest absolute Gasteiger partial charge is 0.489 e. The summed E-state index contributed by atoms with van der Waals surface area (Å²) in [4.78, 5) is 27.0. The van der Waals surface area contributed by atoms with Crippen molar-refractivity contribution in [3.05, 3.63) is 108 Å². The molecule has 4 rings (SSSR count). The zero-order valence-electron chi connectivity index (χ0n) is 16.3. The Balaban J connectivity index is 1.55. The van der Waals surface area contributed by atoms with Crippen LogP contribution < -0.4 is 4.74 Å². The Kier molecular flexibility index (Phi) is 6.52. The second-order valence-corrected chi connectivity index (χ2v) is 8.40. The second-order valence-electron chi connectivity index (χ2n) is 6.75. The van der Waals surface area contributed by atoms with Crippen LogP contribution in [-0.2, 0) is 16.1 Å². The van der Waals surface area contributed by atoms with E-state index >= 15 is 0 Å². The van der Waals surface area contributed by atoms with Gasteiger partial charge in [-0.1, -0.05) is 35.9 Å². The minimum atomic E-state index is -0.673. The highest BCUT2D eigenvalue weighted by molar-refractivity contribution is 14.1. The molecule has 1 aliphatic heterocycles. The van der Waals surface area contributed by atoms with Gasteiger partial charge >= 0.3 is 5.97 Å². The van der Waals surface area contributed by atoms with Gasteiger partial charge in [-0.3, -0.25) is 10.1 Å². The topological polar surface area (TPSA) is 91.0 Å². The third kappa shape index (κ3) is 5.14.